The normalized spacial score (nSPS) is 17.2. The van der Waals surface area contributed by atoms with Crippen LogP contribution in [-0.4, -0.2) is 35.5 Å². The predicted octanol–water partition coefficient (Wildman–Crippen LogP) is 3.79. The molecule has 1 aliphatic rings. The SMILES string of the molecule is O=C(NCCc1ccc(Cl)cc1)C1CCCN(c2nc3ccccc3[nH]2)C1. The predicted molar refractivity (Wildman–Crippen MR) is 109 cm³/mol. The third-order valence-corrected chi connectivity index (χ3v) is 5.35. The average Bonchev–Trinajstić information content (AvgIpc) is 3.14. The molecule has 1 fully saturated rings. The molecule has 1 amide bonds. The minimum Gasteiger partial charge on any atom is -0.355 e. The second kappa shape index (κ2) is 8.01. The van der Waals surface area contributed by atoms with Gasteiger partial charge < -0.3 is 15.2 Å². The van der Waals surface area contributed by atoms with E-state index in [1.807, 2.05) is 48.5 Å². The van der Waals surface area contributed by atoms with Crippen LogP contribution in [0.5, 0.6) is 0 Å². The molecule has 3 aromatic rings. The molecule has 27 heavy (non-hydrogen) atoms. The number of amides is 1. The lowest BCUT2D eigenvalue weighted by Gasteiger charge is -2.31. The maximum atomic E-state index is 12.6. The van der Waals surface area contributed by atoms with Crippen LogP contribution in [-0.2, 0) is 11.2 Å². The van der Waals surface area contributed by atoms with Crippen molar-refractivity contribution in [2.24, 2.45) is 5.92 Å². The number of aromatic nitrogens is 2. The van der Waals surface area contributed by atoms with Gasteiger partial charge in [0.15, 0.2) is 0 Å². The minimum atomic E-state index is -0.00261. The van der Waals surface area contributed by atoms with Crippen LogP contribution >= 0.6 is 11.6 Å². The first-order valence-electron chi connectivity index (χ1n) is 9.41. The summed E-state index contributed by atoms with van der Waals surface area (Å²) in [5.41, 5.74) is 3.16. The standard InChI is InChI=1S/C21H23ClN4O/c22-17-9-7-15(8-10-17)11-12-23-20(27)16-4-3-13-26(14-16)21-24-18-5-1-2-6-19(18)25-21/h1-2,5-10,16H,3-4,11-14H2,(H,23,27)(H,24,25). The van der Waals surface area contributed by atoms with Gasteiger partial charge in [-0.3, -0.25) is 4.79 Å². The number of carbonyl (C=O) groups excluding carboxylic acids is 1. The zero-order valence-corrected chi connectivity index (χ0v) is 15.9. The molecule has 2 N–H and O–H groups in total. The van der Waals surface area contributed by atoms with Gasteiger partial charge in [0.05, 0.1) is 17.0 Å². The number of carbonyl (C=O) groups is 1. The molecular formula is C21H23ClN4O. The number of aromatic amines is 1. The van der Waals surface area contributed by atoms with Crippen LogP contribution in [0.4, 0.5) is 5.95 Å². The quantitative estimate of drug-likeness (QED) is 0.705. The lowest BCUT2D eigenvalue weighted by molar-refractivity contribution is -0.125. The molecule has 140 valence electrons. The molecule has 1 unspecified atom stereocenters. The van der Waals surface area contributed by atoms with E-state index in [-0.39, 0.29) is 11.8 Å². The number of nitrogens with zero attached hydrogens (tertiary/aromatic N) is 2. The molecule has 6 heteroatoms. The zero-order chi connectivity index (χ0) is 18.6. The molecule has 0 radical (unpaired) electrons. The Balaban J connectivity index is 1.33. The van der Waals surface area contributed by atoms with E-state index < -0.39 is 0 Å². The van der Waals surface area contributed by atoms with E-state index in [0.29, 0.717) is 13.1 Å². The second-order valence-corrected chi connectivity index (χ2v) is 7.47. The fraction of sp³-hybridized carbons (Fsp3) is 0.333. The lowest BCUT2D eigenvalue weighted by Crippen LogP contribution is -2.43. The van der Waals surface area contributed by atoms with Crippen LogP contribution in [0.2, 0.25) is 5.02 Å². The summed E-state index contributed by atoms with van der Waals surface area (Å²) < 4.78 is 0. The molecule has 1 atom stereocenters. The highest BCUT2D eigenvalue weighted by Crippen LogP contribution is 2.23. The Hall–Kier alpha value is -2.53. The minimum absolute atomic E-state index is 0.00261. The highest BCUT2D eigenvalue weighted by atomic mass is 35.5. The summed E-state index contributed by atoms with van der Waals surface area (Å²) in [7, 11) is 0. The van der Waals surface area contributed by atoms with Gasteiger partial charge in [0.25, 0.3) is 0 Å². The van der Waals surface area contributed by atoms with Crippen molar-refractivity contribution in [3.63, 3.8) is 0 Å². The summed E-state index contributed by atoms with van der Waals surface area (Å²) in [6.07, 6.45) is 2.72. The van der Waals surface area contributed by atoms with Crippen molar-refractivity contribution in [1.82, 2.24) is 15.3 Å². The van der Waals surface area contributed by atoms with E-state index in [4.69, 9.17) is 11.6 Å². The molecule has 2 heterocycles. The number of benzene rings is 2. The molecule has 0 saturated carbocycles. The number of hydrogen-bond donors (Lipinski definition) is 2. The molecule has 0 spiro atoms. The van der Waals surface area contributed by atoms with Gasteiger partial charge in [0.2, 0.25) is 11.9 Å². The monoisotopic (exact) mass is 382 g/mol. The molecule has 0 aliphatic carbocycles. The van der Waals surface area contributed by atoms with Gasteiger partial charge in [0, 0.05) is 24.7 Å². The van der Waals surface area contributed by atoms with Gasteiger partial charge in [-0.05, 0) is 49.1 Å². The number of imidazole rings is 1. The third kappa shape index (κ3) is 4.25. The summed E-state index contributed by atoms with van der Waals surface area (Å²) >= 11 is 5.91. The van der Waals surface area contributed by atoms with Crippen LogP contribution in [0, 0.1) is 5.92 Å². The number of hydrogen-bond acceptors (Lipinski definition) is 3. The fourth-order valence-electron chi connectivity index (χ4n) is 3.60. The summed E-state index contributed by atoms with van der Waals surface area (Å²) in [5.74, 6) is 0.983. The summed E-state index contributed by atoms with van der Waals surface area (Å²) in [6.45, 7) is 2.27. The van der Waals surface area contributed by atoms with Crippen LogP contribution in [0.15, 0.2) is 48.5 Å². The van der Waals surface area contributed by atoms with Gasteiger partial charge in [-0.15, -0.1) is 0 Å². The van der Waals surface area contributed by atoms with E-state index in [2.05, 4.69) is 20.2 Å². The summed E-state index contributed by atoms with van der Waals surface area (Å²) in [5, 5.41) is 3.82. The van der Waals surface area contributed by atoms with Crippen LogP contribution in [0.25, 0.3) is 11.0 Å². The second-order valence-electron chi connectivity index (χ2n) is 7.03. The van der Waals surface area contributed by atoms with Gasteiger partial charge in [-0.25, -0.2) is 4.98 Å². The zero-order valence-electron chi connectivity index (χ0n) is 15.1. The Morgan fingerprint density at radius 1 is 1.22 bits per heavy atom. The van der Waals surface area contributed by atoms with Gasteiger partial charge in [-0.1, -0.05) is 35.9 Å². The van der Waals surface area contributed by atoms with Crippen molar-refractivity contribution in [3.05, 3.63) is 59.1 Å². The molecule has 1 aliphatic heterocycles. The van der Waals surface area contributed by atoms with Crippen molar-refractivity contribution < 1.29 is 4.79 Å². The van der Waals surface area contributed by atoms with Crippen LogP contribution in [0.1, 0.15) is 18.4 Å². The first kappa shape index (κ1) is 17.9. The maximum Gasteiger partial charge on any atom is 0.224 e. The van der Waals surface area contributed by atoms with Gasteiger partial charge in [-0.2, -0.15) is 0 Å². The topological polar surface area (TPSA) is 61.0 Å². The van der Waals surface area contributed by atoms with Crippen molar-refractivity contribution in [2.75, 3.05) is 24.5 Å². The van der Waals surface area contributed by atoms with Crippen LogP contribution < -0.4 is 10.2 Å². The highest BCUT2D eigenvalue weighted by molar-refractivity contribution is 6.30. The molecule has 1 aromatic heterocycles. The van der Waals surface area contributed by atoms with Gasteiger partial charge in [0.1, 0.15) is 0 Å². The summed E-state index contributed by atoms with van der Waals surface area (Å²) in [4.78, 5) is 22.8. The van der Waals surface area contributed by atoms with Crippen molar-refractivity contribution in [1.29, 1.82) is 0 Å². The van der Waals surface area contributed by atoms with E-state index in [0.717, 1.165) is 47.8 Å². The number of halogens is 1. The Labute approximate surface area is 163 Å². The fourth-order valence-corrected chi connectivity index (χ4v) is 3.72. The van der Waals surface area contributed by atoms with E-state index in [9.17, 15) is 4.79 Å². The Morgan fingerprint density at radius 2 is 2.04 bits per heavy atom. The number of nitrogens with one attached hydrogen (secondary N) is 2. The number of para-hydroxylation sites is 2. The lowest BCUT2D eigenvalue weighted by atomic mass is 9.97. The van der Waals surface area contributed by atoms with E-state index >= 15 is 0 Å². The van der Waals surface area contributed by atoms with Crippen molar-refractivity contribution in [2.45, 2.75) is 19.3 Å². The molecule has 1 saturated heterocycles. The largest absolute Gasteiger partial charge is 0.355 e. The van der Waals surface area contributed by atoms with E-state index in [1.165, 1.54) is 5.56 Å². The first-order chi connectivity index (χ1) is 13.2. The molecule has 0 bridgehead atoms. The van der Waals surface area contributed by atoms with E-state index in [1.54, 1.807) is 0 Å². The van der Waals surface area contributed by atoms with Crippen molar-refractivity contribution >= 4 is 34.5 Å². The molecule has 4 rings (SSSR count). The molecule has 5 nitrogen and oxygen atoms in total. The highest BCUT2D eigenvalue weighted by Gasteiger charge is 2.27. The third-order valence-electron chi connectivity index (χ3n) is 5.09. The number of rotatable bonds is 5. The van der Waals surface area contributed by atoms with Crippen molar-refractivity contribution in [3.8, 4) is 0 Å². The molecular weight excluding hydrogens is 360 g/mol. The van der Waals surface area contributed by atoms with Gasteiger partial charge >= 0.3 is 0 Å². The number of fused-ring (bicyclic) bond motifs is 1. The summed E-state index contributed by atoms with van der Waals surface area (Å²) in [6, 6.07) is 15.8. The maximum absolute atomic E-state index is 12.6. The number of H-pyrrole nitrogens is 1. The smallest absolute Gasteiger partial charge is 0.224 e. The Bertz CT molecular complexity index is 888. The number of piperidine rings is 1. The average molecular weight is 383 g/mol. The Morgan fingerprint density at radius 3 is 2.85 bits per heavy atom. The first-order valence-corrected chi connectivity index (χ1v) is 9.79. The van der Waals surface area contributed by atoms with Crippen LogP contribution in [0.3, 0.4) is 0 Å². The number of anilines is 1. The molecule has 2 aromatic carbocycles. The Kier molecular flexibility index (Phi) is 5.30.